The molecule has 0 radical (unpaired) electrons. The number of nitriles is 2. The minimum absolute atomic E-state index is 0.000648. The molecule has 0 aliphatic rings. The molecule has 0 rings (SSSR count). The van der Waals surface area contributed by atoms with Crippen molar-refractivity contribution in [3.8, 4) is 12.5 Å². The van der Waals surface area contributed by atoms with Gasteiger partial charge in [0.15, 0.2) is 0 Å². The predicted octanol–water partition coefficient (Wildman–Crippen LogP) is 0.880. The van der Waals surface area contributed by atoms with Gasteiger partial charge in [-0.1, -0.05) is 13.8 Å². The van der Waals surface area contributed by atoms with Crippen molar-refractivity contribution in [3.05, 3.63) is 0 Å². The Hall–Kier alpha value is -1.36. The van der Waals surface area contributed by atoms with Crippen LogP contribution < -0.4 is 0 Å². The maximum absolute atomic E-state index is 8.05. The first-order chi connectivity index (χ1) is 4.72. The van der Waals surface area contributed by atoms with Gasteiger partial charge in [0.1, 0.15) is 0 Å². The minimum atomic E-state index is -0.741. The lowest BCUT2D eigenvalue weighted by Crippen LogP contribution is -2.21. The van der Waals surface area contributed by atoms with Crippen LogP contribution in [0.3, 0.4) is 0 Å². The van der Waals surface area contributed by atoms with Gasteiger partial charge in [-0.15, -0.1) is 0 Å². The van der Waals surface area contributed by atoms with Gasteiger partial charge in [-0.05, 0) is 0 Å². The van der Waals surface area contributed by atoms with E-state index in [4.69, 9.17) is 10.5 Å². The Balaban J connectivity index is 3.78. The summed E-state index contributed by atoms with van der Waals surface area (Å²) >= 11 is 0. The van der Waals surface area contributed by atoms with E-state index in [9.17, 15) is 0 Å². The topological polar surface area (TPSA) is 66.0 Å². The Morgan fingerprint density at radius 2 is 1.60 bits per heavy atom. The van der Waals surface area contributed by atoms with Gasteiger partial charge in [-0.3, -0.25) is 0 Å². The van der Waals surface area contributed by atoms with E-state index in [1.165, 1.54) is 12.5 Å². The average Bonchev–Trinajstić information content (AvgIpc) is 1.87. The van der Waals surface area contributed by atoms with Crippen LogP contribution in [0.15, 0.2) is 0 Å². The molecule has 0 aromatic carbocycles. The molecule has 0 saturated carbocycles. The fourth-order valence-corrected chi connectivity index (χ4v) is 0.400. The number of hydrogen-bond donors (Lipinski definition) is 0. The van der Waals surface area contributed by atoms with Gasteiger partial charge in [-0.25, -0.2) is 0 Å². The molecule has 0 atom stereocenters. The van der Waals surface area contributed by atoms with Gasteiger partial charge in [0.05, 0.1) is 0 Å². The highest BCUT2D eigenvalue weighted by Gasteiger charge is 2.26. The van der Waals surface area contributed by atoms with Crippen molar-refractivity contribution in [2.45, 2.75) is 19.7 Å². The van der Waals surface area contributed by atoms with E-state index in [1.54, 1.807) is 13.8 Å². The first kappa shape index (κ1) is 8.64. The van der Waals surface area contributed by atoms with Gasteiger partial charge in [0.2, 0.25) is 0 Å². The second kappa shape index (κ2) is 4.52. The third-order valence-electron chi connectivity index (χ3n) is 0.882. The molecule has 0 N–H and O–H groups in total. The van der Waals surface area contributed by atoms with Gasteiger partial charge in [-0.2, -0.15) is 10.5 Å². The fourth-order valence-electron chi connectivity index (χ4n) is 0.400. The van der Waals surface area contributed by atoms with Gasteiger partial charge in [0.25, 0.3) is 12.5 Å². The third-order valence-corrected chi connectivity index (χ3v) is 0.882. The van der Waals surface area contributed by atoms with E-state index < -0.39 is 7.12 Å². The number of rotatable bonds is 3. The van der Waals surface area contributed by atoms with E-state index in [1.807, 2.05) is 0 Å². The molecule has 0 aliphatic carbocycles. The lowest BCUT2D eigenvalue weighted by Gasteiger charge is -2.06. The lowest BCUT2D eigenvalue weighted by atomic mass is 9.75. The predicted molar refractivity (Wildman–Crippen MR) is 34.2 cm³/mol. The standard InChI is InChI=1S/C5H7BN2O2/c1-5(2)6(9-3-7)10-4-8/h5H,1-2H3. The van der Waals surface area contributed by atoms with Crippen LogP contribution in [0.4, 0.5) is 0 Å². The summed E-state index contributed by atoms with van der Waals surface area (Å²) in [6.07, 6.45) is 2.92. The molecule has 0 saturated heterocycles. The van der Waals surface area contributed by atoms with Gasteiger partial charge >= 0.3 is 7.12 Å². The highest BCUT2D eigenvalue weighted by Crippen LogP contribution is 2.08. The van der Waals surface area contributed by atoms with Gasteiger partial charge < -0.3 is 9.31 Å². The molecule has 0 aliphatic heterocycles. The van der Waals surface area contributed by atoms with Crippen molar-refractivity contribution in [1.29, 1.82) is 10.5 Å². The lowest BCUT2D eigenvalue weighted by molar-refractivity contribution is 0.356. The van der Waals surface area contributed by atoms with Crippen molar-refractivity contribution in [3.63, 3.8) is 0 Å². The minimum Gasteiger partial charge on any atom is -0.456 e. The molecule has 0 unspecified atom stereocenters. The molecule has 4 nitrogen and oxygen atoms in total. The average molecular weight is 138 g/mol. The second-order valence-corrected chi connectivity index (χ2v) is 2.03. The maximum atomic E-state index is 8.05. The highest BCUT2D eigenvalue weighted by atomic mass is 16.6. The van der Waals surface area contributed by atoms with E-state index in [0.29, 0.717) is 0 Å². The van der Waals surface area contributed by atoms with Crippen molar-refractivity contribution in [2.75, 3.05) is 0 Å². The molecular weight excluding hydrogens is 131 g/mol. The second-order valence-electron chi connectivity index (χ2n) is 2.03. The molecule has 0 spiro atoms. The quantitative estimate of drug-likeness (QED) is 0.428. The zero-order valence-electron chi connectivity index (χ0n) is 5.87. The number of nitrogens with zero attached hydrogens (tertiary/aromatic N) is 2. The van der Waals surface area contributed by atoms with E-state index in [0.717, 1.165) is 0 Å². The van der Waals surface area contributed by atoms with Crippen LogP contribution in [0, 0.1) is 23.0 Å². The smallest absolute Gasteiger partial charge is 0.456 e. The summed E-state index contributed by atoms with van der Waals surface area (Å²) in [5, 5.41) is 16.1. The first-order valence-electron chi connectivity index (χ1n) is 2.81. The Labute approximate surface area is 60.1 Å². The van der Waals surface area contributed by atoms with Crippen molar-refractivity contribution in [2.24, 2.45) is 0 Å². The fraction of sp³-hybridized carbons (Fsp3) is 0.600. The first-order valence-corrected chi connectivity index (χ1v) is 2.81. The summed E-state index contributed by atoms with van der Waals surface area (Å²) in [6.45, 7) is 3.58. The molecule has 0 amide bonds. The summed E-state index contributed by atoms with van der Waals surface area (Å²) in [5.74, 6) is -0.000648. The summed E-state index contributed by atoms with van der Waals surface area (Å²) in [4.78, 5) is 0. The molecule has 0 aromatic heterocycles. The Bertz CT molecular complexity index is 153. The van der Waals surface area contributed by atoms with Crippen LogP contribution in [-0.2, 0) is 9.31 Å². The zero-order valence-corrected chi connectivity index (χ0v) is 5.87. The van der Waals surface area contributed by atoms with E-state index in [2.05, 4.69) is 9.31 Å². The van der Waals surface area contributed by atoms with Crippen molar-refractivity contribution >= 4 is 7.12 Å². The molecule has 0 heterocycles. The Morgan fingerprint density at radius 3 is 1.80 bits per heavy atom. The molecular formula is C5H7BN2O2. The van der Waals surface area contributed by atoms with Crippen LogP contribution in [0.2, 0.25) is 5.82 Å². The molecule has 5 heteroatoms. The van der Waals surface area contributed by atoms with Crippen LogP contribution >= 0.6 is 0 Å². The normalized spacial score (nSPS) is 7.70. The largest absolute Gasteiger partial charge is 0.617 e. The summed E-state index contributed by atoms with van der Waals surface area (Å²) < 4.78 is 8.81. The van der Waals surface area contributed by atoms with E-state index in [-0.39, 0.29) is 5.82 Å². The highest BCUT2D eigenvalue weighted by molar-refractivity contribution is 6.46. The number of hydrogen-bond acceptors (Lipinski definition) is 4. The zero-order chi connectivity index (χ0) is 7.98. The maximum Gasteiger partial charge on any atom is 0.617 e. The van der Waals surface area contributed by atoms with Crippen molar-refractivity contribution < 1.29 is 9.31 Å². The third kappa shape index (κ3) is 2.83. The van der Waals surface area contributed by atoms with Crippen LogP contribution in [0.25, 0.3) is 0 Å². The molecule has 10 heavy (non-hydrogen) atoms. The SMILES string of the molecule is CC(C)B(OC#N)OC#N. The van der Waals surface area contributed by atoms with Gasteiger partial charge in [0, 0.05) is 5.82 Å². The summed E-state index contributed by atoms with van der Waals surface area (Å²) in [7, 11) is -0.741. The van der Waals surface area contributed by atoms with Crippen molar-refractivity contribution in [1.82, 2.24) is 0 Å². The van der Waals surface area contributed by atoms with E-state index >= 15 is 0 Å². The summed E-state index contributed by atoms with van der Waals surface area (Å²) in [6, 6.07) is 0. The molecule has 52 valence electrons. The Kier molecular flexibility index (Phi) is 3.90. The molecule has 0 bridgehead atoms. The molecule has 0 fully saturated rings. The van der Waals surface area contributed by atoms with Crippen LogP contribution in [0.1, 0.15) is 13.8 Å². The van der Waals surface area contributed by atoms with Crippen LogP contribution in [0.5, 0.6) is 0 Å². The van der Waals surface area contributed by atoms with Crippen LogP contribution in [-0.4, -0.2) is 7.12 Å². The summed E-state index contributed by atoms with van der Waals surface area (Å²) in [5.41, 5.74) is 0. The Morgan fingerprint density at radius 1 is 1.20 bits per heavy atom. The molecule has 0 aromatic rings. The monoisotopic (exact) mass is 138 g/mol.